The van der Waals surface area contributed by atoms with Gasteiger partial charge >= 0.3 is 6.09 Å². The Labute approximate surface area is 228 Å². The molecule has 1 aromatic rings. The van der Waals surface area contributed by atoms with Crippen molar-refractivity contribution in [1.29, 1.82) is 0 Å². The van der Waals surface area contributed by atoms with E-state index in [0.29, 0.717) is 19.4 Å². The van der Waals surface area contributed by atoms with Crippen LogP contribution in [-0.4, -0.2) is 29.2 Å². The van der Waals surface area contributed by atoms with E-state index in [4.69, 9.17) is 4.74 Å². The minimum atomic E-state index is -0.600. The second-order valence-electron chi connectivity index (χ2n) is 11.4. The molecule has 0 spiro atoms. The third-order valence-electron chi connectivity index (χ3n) is 6.63. The van der Waals surface area contributed by atoms with Crippen LogP contribution >= 0.6 is 0 Å². The summed E-state index contributed by atoms with van der Waals surface area (Å²) in [5, 5.41) is 1.46. The summed E-state index contributed by atoms with van der Waals surface area (Å²) in [5.41, 5.74) is 3.21. The average Bonchev–Trinajstić information content (AvgIpc) is 2.85. The Balaban J connectivity index is 2.18. The van der Waals surface area contributed by atoms with Crippen LogP contribution in [0.1, 0.15) is 142 Å². The molecule has 0 unspecified atom stereocenters. The number of amides is 2. The summed E-state index contributed by atoms with van der Waals surface area (Å²) in [6.07, 6.45) is 21.4. The van der Waals surface area contributed by atoms with Crippen LogP contribution in [0.15, 0.2) is 30.3 Å². The van der Waals surface area contributed by atoms with Crippen molar-refractivity contribution in [2.75, 3.05) is 6.54 Å². The predicted octanol–water partition coefficient (Wildman–Crippen LogP) is 9.15. The van der Waals surface area contributed by atoms with Crippen molar-refractivity contribution >= 4 is 12.0 Å². The van der Waals surface area contributed by atoms with Gasteiger partial charge in [-0.3, -0.25) is 9.80 Å². The van der Waals surface area contributed by atoms with Crippen molar-refractivity contribution < 1.29 is 14.3 Å². The standard InChI is InChI=1S/C32H56N2O3/c1-5-6-7-8-9-10-11-12-13-14-15-16-17-18-19-23-28-34(33-31(36)37-32(2,3)4)30(35)27-26-29-24-21-20-22-25-29/h20-22,24-25H,5-19,23,26-28H2,1-4H3,(H,33,36). The molecule has 5 nitrogen and oxygen atoms in total. The van der Waals surface area contributed by atoms with Gasteiger partial charge in [0.05, 0.1) is 0 Å². The molecule has 0 atom stereocenters. The Morgan fingerprint density at radius 2 is 1.19 bits per heavy atom. The molecule has 0 aliphatic heterocycles. The van der Waals surface area contributed by atoms with Crippen molar-refractivity contribution in [2.24, 2.45) is 0 Å². The number of nitrogens with one attached hydrogen (secondary N) is 1. The molecule has 1 N–H and O–H groups in total. The van der Waals surface area contributed by atoms with Crippen molar-refractivity contribution in [1.82, 2.24) is 10.4 Å². The highest BCUT2D eigenvalue weighted by Gasteiger charge is 2.21. The number of hydrazine groups is 1. The molecule has 37 heavy (non-hydrogen) atoms. The van der Waals surface area contributed by atoms with E-state index in [0.717, 1.165) is 18.4 Å². The summed E-state index contributed by atoms with van der Waals surface area (Å²) in [7, 11) is 0. The highest BCUT2D eigenvalue weighted by molar-refractivity contribution is 5.79. The first-order chi connectivity index (χ1) is 17.8. The molecule has 1 rings (SSSR count). The number of ether oxygens (including phenoxy) is 1. The van der Waals surface area contributed by atoms with Crippen LogP contribution in [0.2, 0.25) is 0 Å². The van der Waals surface area contributed by atoms with E-state index >= 15 is 0 Å². The molecule has 212 valence electrons. The van der Waals surface area contributed by atoms with Gasteiger partial charge in [0.15, 0.2) is 0 Å². The molecule has 5 heteroatoms. The van der Waals surface area contributed by atoms with Crippen LogP contribution in [0.4, 0.5) is 4.79 Å². The number of aryl methyl sites for hydroxylation is 1. The van der Waals surface area contributed by atoms with Crippen molar-refractivity contribution in [3.8, 4) is 0 Å². The first-order valence-electron chi connectivity index (χ1n) is 15.2. The van der Waals surface area contributed by atoms with Gasteiger partial charge in [0.25, 0.3) is 0 Å². The molecule has 1 aromatic carbocycles. The van der Waals surface area contributed by atoms with Crippen molar-refractivity contribution in [3.05, 3.63) is 35.9 Å². The zero-order valence-electron chi connectivity index (χ0n) is 24.5. The molecule has 0 aromatic heterocycles. The second-order valence-corrected chi connectivity index (χ2v) is 11.4. The Kier molecular flexibility index (Phi) is 18.7. The lowest BCUT2D eigenvalue weighted by Crippen LogP contribution is -2.48. The zero-order valence-corrected chi connectivity index (χ0v) is 24.5. The topological polar surface area (TPSA) is 58.6 Å². The van der Waals surface area contributed by atoms with E-state index in [1.54, 1.807) is 0 Å². The molecule has 0 fully saturated rings. The van der Waals surface area contributed by atoms with E-state index in [1.165, 1.54) is 94.9 Å². The maximum absolute atomic E-state index is 12.9. The highest BCUT2D eigenvalue weighted by atomic mass is 16.6. The number of hydrogen-bond donors (Lipinski definition) is 1. The van der Waals surface area contributed by atoms with E-state index in [1.807, 2.05) is 51.1 Å². The van der Waals surface area contributed by atoms with E-state index in [9.17, 15) is 9.59 Å². The lowest BCUT2D eigenvalue weighted by Gasteiger charge is -2.26. The van der Waals surface area contributed by atoms with Crippen LogP contribution in [0.5, 0.6) is 0 Å². The number of carbonyl (C=O) groups excluding carboxylic acids is 2. The molecular weight excluding hydrogens is 460 g/mol. The Morgan fingerprint density at radius 3 is 1.65 bits per heavy atom. The molecule has 0 radical (unpaired) electrons. The quantitative estimate of drug-likeness (QED) is 0.139. The summed E-state index contributed by atoms with van der Waals surface area (Å²) in [4.78, 5) is 25.2. The molecule has 0 heterocycles. The molecule has 2 amide bonds. The highest BCUT2D eigenvalue weighted by Crippen LogP contribution is 2.14. The molecule has 0 saturated heterocycles. The third kappa shape index (κ3) is 19.7. The predicted molar refractivity (Wildman–Crippen MR) is 155 cm³/mol. The van der Waals surface area contributed by atoms with Crippen LogP contribution in [0, 0.1) is 0 Å². The first kappa shape index (κ1) is 33.0. The lowest BCUT2D eigenvalue weighted by atomic mass is 10.0. The summed E-state index contributed by atoms with van der Waals surface area (Å²) in [6.45, 7) is 8.26. The van der Waals surface area contributed by atoms with Gasteiger partial charge in [0, 0.05) is 13.0 Å². The maximum Gasteiger partial charge on any atom is 0.426 e. The molecular formula is C32H56N2O3. The van der Waals surface area contributed by atoms with Crippen molar-refractivity contribution in [3.63, 3.8) is 0 Å². The fourth-order valence-electron chi connectivity index (χ4n) is 4.50. The minimum Gasteiger partial charge on any atom is -0.443 e. The van der Waals surface area contributed by atoms with Gasteiger partial charge < -0.3 is 4.74 Å². The Hall–Kier alpha value is -2.04. The van der Waals surface area contributed by atoms with Crippen molar-refractivity contribution in [2.45, 2.75) is 149 Å². The molecule has 0 aliphatic carbocycles. The van der Waals surface area contributed by atoms with Crippen LogP contribution < -0.4 is 5.43 Å². The average molecular weight is 517 g/mol. The Morgan fingerprint density at radius 1 is 0.730 bits per heavy atom. The minimum absolute atomic E-state index is 0.0735. The van der Waals surface area contributed by atoms with E-state index in [-0.39, 0.29) is 5.91 Å². The number of rotatable bonds is 20. The monoisotopic (exact) mass is 516 g/mol. The summed E-state index contributed by atoms with van der Waals surface area (Å²) in [5.74, 6) is -0.0735. The summed E-state index contributed by atoms with van der Waals surface area (Å²) in [6, 6.07) is 9.97. The summed E-state index contributed by atoms with van der Waals surface area (Å²) < 4.78 is 5.37. The normalized spacial score (nSPS) is 11.4. The van der Waals surface area contributed by atoms with Gasteiger partial charge in [-0.25, -0.2) is 10.2 Å². The fraction of sp³-hybridized carbons (Fsp3) is 0.750. The lowest BCUT2D eigenvalue weighted by molar-refractivity contribution is -0.134. The van der Waals surface area contributed by atoms with Gasteiger partial charge in [0.1, 0.15) is 5.60 Å². The second kappa shape index (κ2) is 21.0. The maximum atomic E-state index is 12.9. The molecule has 0 aliphatic rings. The van der Waals surface area contributed by atoms with E-state index < -0.39 is 11.7 Å². The van der Waals surface area contributed by atoms with Crippen LogP contribution in [-0.2, 0) is 16.0 Å². The number of hydrogen-bond acceptors (Lipinski definition) is 3. The van der Waals surface area contributed by atoms with Crippen LogP contribution in [0.25, 0.3) is 0 Å². The Bertz CT molecular complexity index is 700. The molecule has 0 saturated carbocycles. The first-order valence-corrected chi connectivity index (χ1v) is 15.2. The van der Waals surface area contributed by atoms with Gasteiger partial charge in [-0.15, -0.1) is 0 Å². The SMILES string of the molecule is CCCCCCCCCCCCCCCCCCN(NC(=O)OC(C)(C)C)C(=O)CCc1ccccc1. The largest absolute Gasteiger partial charge is 0.443 e. The van der Waals surface area contributed by atoms with Gasteiger partial charge in [-0.1, -0.05) is 134 Å². The van der Waals surface area contributed by atoms with E-state index in [2.05, 4.69) is 12.3 Å². The zero-order chi connectivity index (χ0) is 27.2. The number of carbonyl (C=O) groups is 2. The number of unbranched alkanes of at least 4 members (excludes halogenated alkanes) is 15. The third-order valence-corrected chi connectivity index (χ3v) is 6.63. The van der Waals surface area contributed by atoms with Crippen LogP contribution in [0.3, 0.4) is 0 Å². The smallest absolute Gasteiger partial charge is 0.426 e. The van der Waals surface area contributed by atoms with Gasteiger partial charge in [-0.2, -0.15) is 0 Å². The summed E-state index contributed by atoms with van der Waals surface area (Å²) >= 11 is 0. The fourth-order valence-corrected chi connectivity index (χ4v) is 4.50. The number of nitrogens with zero attached hydrogens (tertiary/aromatic N) is 1. The van der Waals surface area contributed by atoms with Gasteiger partial charge in [-0.05, 0) is 39.2 Å². The number of benzene rings is 1. The van der Waals surface area contributed by atoms with Gasteiger partial charge in [0.2, 0.25) is 5.91 Å². The molecule has 0 bridgehead atoms.